The van der Waals surface area contributed by atoms with Crippen molar-refractivity contribution in [1.29, 1.82) is 0 Å². The predicted molar refractivity (Wildman–Crippen MR) is 101 cm³/mol. The molecule has 0 unspecified atom stereocenters. The quantitative estimate of drug-likeness (QED) is 0.797. The Morgan fingerprint density at radius 2 is 1.81 bits per heavy atom. The van der Waals surface area contributed by atoms with E-state index in [2.05, 4.69) is 16.7 Å². The number of carbonyl (C=O) groups excluding carboxylic acids is 3. The first-order valence-corrected chi connectivity index (χ1v) is 8.95. The molecule has 0 saturated heterocycles. The van der Waals surface area contributed by atoms with Gasteiger partial charge in [0.25, 0.3) is 5.91 Å². The molecule has 27 heavy (non-hydrogen) atoms. The van der Waals surface area contributed by atoms with Crippen molar-refractivity contribution >= 4 is 23.5 Å². The maximum absolute atomic E-state index is 12.2. The fourth-order valence-electron chi connectivity index (χ4n) is 3.25. The van der Waals surface area contributed by atoms with E-state index < -0.39 is 5.97 Å². The van der Waals surface area contributed by atoms with Gasteiger partial charge in [-0.05, 0) is 54.7 Å². The monoisotopic (exact) mass is 366 g/mol. The number of aryl methyl sites for hydroxylation is 1. The van der Waals surface area contributed by atoms with Crippen molar-refractivity contribution in [3.63, 3.8) is 0 Å². The van der Waals surface area contributed by atoms with Crippen LogP contribution in [0.25, 0.3) is 0 Å². The Morgan fingerprint density at radius 1 is 1.07 bits per heavy atom. The van der Waals surface area contributed by atoms with E-state index in [1.54, 1.807) is 24.3 Å². The Labute approximate surface area is 157 Å². The molecule has 6 nitrogen and oxygen atoms in total. The molecule has 1 aliphatic carbocycles. The molecular formula is C21H22N2O4. The number of ether oxygens (including phenoxy) is 1. The Hall–Kier alpha value is -3.15. The smallest absolute Gasteiger partial charge is 0.338 e. The molecule has 0 saturated carbocycles. The SMILES string of the molecule is CC(=O)Nc1ccc(C(=O)OCC(=O)N[C@@H]2CCCc3ccccc32)cc1. The highest BCUT2D eigenvalue weighted by molar-refractivity contribution is 5.93. The van der Waals surface area contributed by atoms with E-state index >= 15 is 0 Å². The Kier molecular flexibility index (Phi) is 5.86. The minimum Gasteiger partial charge on any atom is -0.452 e. The van der Waals surface area contributed by atoms with Gasteiger partial charge in [-0.2, -0.15) is 0 Å². The third-order valence-electron chi connectivity index (χ3n) is 4.48. The van der Waals surface area contributed by atoms with Crippen LogP contribution in [0.5, 0.6) is 0 Å². The van der Waals surface area contributed by atoms with E-state index in [0.717, 1.165) is 24.8 Å². The summed E-state index contributed by atoms with van der Waals surface area (Å²) in [5, 5.41) is 5.57. The molecule has 0 spiro atoms. The summed E-state index contributed by atoms with van der Waals surface area (Å²) in [6.45, 7) is 1.08. The minimum absolute atomic E-state index is 0.0434. The maximum atomic E-state index is 12.2. The van der Waals surface area contributed by atoms with E-state index in [0.29, 0.717) is 11.3 Å². The summed E-state index contributed by atoms with van der Waals surface area (Å²) >= 11 is 0. The summed E-state index contributed by atoms with van der Waals surface area (Å²) < 4.78 is 5.10. The van der Waals surface area contributed by atoms with Crippen LogP contribution in [-0.4, -0.2) is 24.4 Å². The number of hydrogen-bond donors (Lipinski definition) is 2. The largest absolute Gasteiger partial charge is 0.452 e. The Bertz CT molecular complexity index is 846. The average Bonchev–Trinajstić information content (AvgIpc) is 2.66. The second-order valence-electron chi connectivity index (χ2n) is 6.55. The lowest BCUT2D eigenvalue weighted by molar-refractivity contribution is -0.125. The normalized spacial score (nSPS) is 15.4. The second-order valence-corrected chi connectivity index (χ2v) is 6.55. The van der Waals surface area contributed by atoms with Crippen LogP contribution in [0.3, 0.4) is 0 Å². The lowest BCUT2D eigenvalue weighted by atomic mass is 9.88. The van der Waals surface area contributed by atoms with E-state index in [1.807, 2.05) is 18.2 Å². The molecule has 1 atom stereocenters. The lowest BCUT2D eigenvalue weighted by Gasteiger charge is -2.26. The molecule has 6 heteroatoms. The number of amides is 2. The first-order valence-electron chi connectivity index (χ1n) is 8.95. The highest BCUT2D eigenvalue weighted by Gasteiger charge is 2.21. The average molecular weight is 366 g/mol. The number of nitrogens with one attached hydrogen (secondary N) is 2. The van der Waals surface area contributed by atoms with Crippen LogP contribution in [0.15, 0.2) is 48.5 Å². The number of benzene rings is 2. The van der Waals surface area contributed by atoms with Gasteiger partial charge in [0.1, 0.15) is 0 Å². The maximum Gasteiger partial charge on any atom is 0.338 e. The Morgan fingerprint density at radius 3 is 2.56 bits per heavy atom. The van der Waals surface area contributed by atoms with Crippen molar-refractivity contribution in [2.45, 2.75) is 32.2 Å². The highest BCUT2D eigenvalue weighted by Crippen LogP contribution is 2.29. The number of anilines is 1. The van der Waals surface area contributed by atoms with Crippen LogP contribution in [-0.2, 0) is 20.7 Å². The van der Waals surface area contributed by atoms with Crippen LogP contribution in [0.1, 0.15) is 47.3 Å². The molecule has 3 rings (SSSR count). The molecule has 0 aromatic heterocycles. The molecular weight excluding hydrogens is 344 g/mol. The van der Waals surface area contributed by atoms with Gasteiger partial charge in [0.2, 0.25) is 5.91 Å². The van der Waals surface area contributed by atoms with E-state index in [1.165, 1.54) is 12.5 Å². The molecule has 2 N–H and O–H groups in total. The summed E-state index contributed by atoms with van der Waals surface area (Å²) in [6, 6.07) is 14.3. The highest BCUT2D eigenvalue weighted by atomic mass is 16.5. The van der Waals surface area contributed by atoms with Crippen LogP contribution >= 0.6 is 0 Å². The van der Waals surface area contributed by atoms with Crippen LogP contribution in [0, 0.1) is 0 Å². The first kappa shape index (κ1) is 18.6. The first-order chi connectivity index (χ1) is 13.0. The van der Waals surface area contributed by atoms with Crippen molar-refractivity contribution in [3.8, 4) is 0 Å². The van der Waals surface area contributed by atoms with Crippen LogP contribution in [0.2, 0.25) is 0 Å². The van der Waals surface area contributed by atoms with Gasteiger partial charge >= 0.3 is 5.97 Å². The predicted octanol–water partition coefficient (Wildman–Crippen LogP) is 3.00. The molecule has 140 valence electrons. The zero-order valence-corrected chi connectivity index (χ0v) is 15.2. The number of esters is 1. The Balaban J connectivity index is 1.52. The topological polar surface area (TPSA) is 84.5 Å². The summed E-state index contributed by atoms with van der Waals surface area (Å²) in [5.74, 6) is -1.09. The van der Waals surface area contributed by atoms with Crippen molar-refractivity contribution in [3.05, 3.63) is 65.2 Å². The molecule has 1 aliphatic rings. The van der Waals surface area contributed by atoms with Gasteiger partial charge in [-0.3, -0.25) is 9.59 Å². The van der Waals surface area contributed by atoms with Gasteiger partial charge in [-0.25, -0.2) is 4.79 Å². The molecule has 0 aliphatic heterocycles. The number of carbonyl (C=O) groups is 3. The number of fused-ring (bicyclic) bond motifs is 1. The zero-order valence-electron chi connectivity index (χ0n) is 15.2. The molecule has 0 radical (unpaired) electrons. The van der Waals surface area contributed by atoms with Gasteiger partial charge < -0.3 is 15.4 Å². The van der Waals surface area contributed by atoms with E-state index in [4.69, 9.17) is 4.74 Å². The lowest BCUT2D eigenvalue weighted by Crippen LogP contribution is -2.34. The third-order valence-corrected chi connectivity index (χ3v) is 4.48. The zero-order chi connectivity index (χ0) is 19.2. The minimum atomic E-state index is -0.580. The van der Waals surface area contributed by atoms with Gasteiger partial charge in [-0.1, -0.05) is 24.3 Å². The fourth-order valence-corrected chi connectivity index (χ4v) is 3.25. The van der Waals surface area contributed by atoms with Gasteiger partial charge in [0.15, 0.2) is 6.61 Å². The van der Waals surface area contributed by atoms with Gasteiger partial charge in [-0.15, -0.1) is 0 Å². The summed E-state index contributed by atoms with van der Waals surface area (Å²) in [4.78, 5) is 35.3. The molecule has 0 fully saturated rings. The van der Waals surface area contributed by atoms with Crippen LogP contribution in [0.4, 0.5) is 5.69 Å². The standard InChI is InChI=1S/C21H22N2O4/c1-14(24)22-17-11-9-16(10-12-17)21(26)27-13-20(25)23-19-8-4-6-15-5-2-3-7-18(15)19/h2-3,5,7,9-12,19H,4,6,8,13H2,1H3,(H,22,24)(H,23,25)/t19-/m1/s1. The van der Waals surface area contributed by atoms with Crippen LogP contribution < -0.4 is 10.6 Å². The summed E-state index contributed by atoms with van der Waals surface area (Å²) in [7, 11) is 0. The van der Waals surface area contributed by atoms with Crippen molar-refractivity contribution in [2.75, 3.05) is 11.9 Å². The fraction of sp³-hybridized carbons (Fsp3) is 0.286. The van der Waals surface area contributed by atoms with Crippen molar-refractivity contribution < 1.29 is 19.1 Å². The van der Waals surface area contributed by atoms with Gasteiger partial charge in [0, 0.05) is 12.6 Å². The molecule has 0 bridgehead atoms. The number of hydrogen-bond acceptors (Lipinski definition) is 4. The molecule has 2 amide bonds. The molecule has 0 heterocycles. The van der Waals surface area contributed by atoms with Crippen molar-refractivity contribution in [2.24, 2.45) is 0 Å². The number of rotatable bonds is 5. The summed E-state index contributed by atoms with van der Waals surface area (Å²) in [5.41, 5.74) is 3.30. The molecule has 2 aromatic rings. The third kappa shape index (κ3) is 4.94. The molecule has 2 aromatic carbocycles. The van der Waals surface area contributed by atoms with E-state index in [9.17, 15) is 14.4 Å². The van der Waals surface area contributed by atoms with Crippen molar-refractivity contribution in [1.82, 2.24) is 5.32 Å². The summed E-state index contributed by atoms with van der Waals surface area (Å²) in [6.07, 6.45) is 2.91. The van der Waals surface area contributed by atoms with Gasteiger partial charge in [0.05, 0.1) is 11.6 Å². The second kappa shape index (κ2) is 8.49. The van der Waals surface area contributed by atoms with E-state index in [-0.39, 0.29) is 24.5 Å².